The normalized spacial score (nSPS) is 17.4. The second-order valence-electron chi connectivity index (χ2n) is 7.37. The Labute approximate surface area is 161 Å². The summed E-state index contributed by atoms with van der Waals surface area (Å²) in [5, 5.41) is 5.55. The number of carbonyl (C=O) groups is 2. The molecule has 0 aliphatic carbocycles. The van der Waals surface area contributed by atoms with E-state index in [0.717, 1.165) is 13.1 Å². The Kier molecular flexibility index (Phi) is 8.22. The van der Waals surface area contributed by atoms with Crippen LogP contribution in [0.5, 0.6) is 0 Å². The van der Waals surface area contributed by atoms with Gasteiger partial charge in [0, 0.05) is 19.6 Å². The summed E-state index contributed by atoms with van der Waals surface area (Å²) >= 11 is 0. The van der Waals surface area contributed by atoms with E-state index in [9.17, 15) is 9.59 Å². The van der Waals surface area contributed by atoms with Crippen LogP contribution in [0.1, 0.15) is 31.0 Å². The molecule has 0 radical (unpaired) electrons. The average molecular weight is 377 g/mol. The highest BCUT2D eigenvalue weighted by Gasteiger charge is 2.23. The van der Waals surface area contributed by atoms with Gasteiger partial charge in [-0.05, 0) is 18.4 Å². The Balaban J connectivity index is 1.93. The van der Waals surface area contributed by atoms with Crippen molar-refractivity contribution in [3.63, 3.8) is 0 Å². The lowest BCUT2D eigenvalue weighted by Crippen LogP contribution is -2.48. The predicted octanol–water partition coefficient (Wildman–Crippen LogP) is 0.584. The number of nitrogens with zero attached hydrogens (tertiary/aromatic N) is 1. The summed E-state index contributed by atoms with van der Waals surface area (Å²) in [6.45, 7) is 9.27. The molecule has 1 fully saturated rings. The minimum Gasteiger partial charge on any atom is -0.379 e. The zero-order valence-electron chi connectivity index (χ0n) is 16.5. The number of nitrogens with two attached hydrogens (primary N) is 1. The minimum atomic E-state index is -0.605. The lowest BCUT2D eigenvalue weighted by Gasteiger charge is -2.35. The van der Waals surface area contributed by atoms with E-state index in [1.807, 2.05) is 19.9 Å². The van der Waals surface area contributed by atoms with Crippen LogP contribution in [-0.4, -0.2) is 62.1 Å². The first-order chi connectivity index (χ1) is 12.9. The fourth-order valence-corrected chi connectivity index (χ4v) is 3.09. The Hall–Kier alpha value is -1.96. The quantitative estimate of drug-likeness (QED) is 0.617. The van der Waals surface area contributed by atoms with Crippen molar-refractivity contribution in [2.45, 2.75) is 32.9 Å². The van der Waals surface area contributed by atoms with Crippen molar-refractivity contribution >= 4 is 11.8 Å². The molecule has 0 bridgehead atoms. The van der Waals surface area contributed by atoms with Crippen LogP contribution in [0.2, 0.25) is 0 Å². The third kappa shape index (κ3) is 6.61. The van der Waals surface area contributed by atoms with Gasteiger partial charge in [0.15, 0.2) is 0 Å². The first-order valence-electron chi connectivity index (χ1n) is 9.57. The maximum atomic E-state index is 12.2. The number of nitrogens with one attached hydrogen (secondary N) is 2. The number of hydrogen-bond acceptors (Lipinski definition) is 5. The van der Waals surface area contributed by atoms with E-state index in [1.165, 1.54) is 11.1 Å². The van der Waals surface area contributed by atoms with E-state index >= 15 is 0 Å². The van der Waals surface area contributed by atoms with E-state index in [0.29, 0.717) is 19.8 Å². The number of rotatable bonds is 8. The molecule has 2 amide bonds. The highest BCUT2D eigenvalue weighted by molar-refractivity contribution is 5.87. The molecule has 0 saturated carbocycles. The first kappa shape index (κ1) is 21.3. The van der Waals surface area contributed by atoms with Crippen LogP contribution < -0.4 is 16.4 Å². The summed E-state index contributed by atoms with van der Waals surface area (Å²) in [7, 11) is 0. The second kappa shape index (κ2) is 10.4. The molecule has 1 saturated heterocycles. The Morgan fingerprint density at radius 1 is 1.22 bits per heavy atom. The molecular weight excluding hydrogens is 344 g/mol. The van der Waals surface area contributed by atoms with Crippen molar-refractivity contribution < 1.29 is 14.3 Å². The molecule has 1 unspecified atom stereocenters. The molecule has 1 aromatic carbocycles. The third-order valence-corrected chi connectivity index (χ3v) is 4.85. The van der Waals surface area contributed by atoms with Crippen molar-refractivity contribution in [2.75, 3.05) is 39.4 Å². The van der Waals surface area contributed by atoms with E-state index in [2.05, 4.69) is 40.7 Å². The summed E-state index contributed by atoms with van der Waals surface area (Å²) in [6, 6.07) is 7.80. The molecule has 2 atom stereocenters. The lowest BCUT2D eigenvalue weighted by atomic mass is 10.0. The molecule has 2 rings (SSSR count). The van der Waals surface area contributed by atoms with Crippen molar-refractivity contribution in [3.8, 4) is 0 Å². The van der Waals surface area contributed by atoms with E-state index in [1.54, 1.807) is 0 Å². The molecule has 0 aromatic heterocycles. The standard InChI is InChI=1S/C20H32N4O3/c1-14(2)19(21)20(26)23-13-18(25)22-12-17(24-7-9-27-10-8-24)16-6-4-5-15(3)11-16/h4-6,11,14,17,19H,7-10,12-13,21H2,1-3H3,(H,22,25)(H,23,26)/t17?,19-/m0/s1. The van der Waals surface area contributed by atoms with Crippen molar-refractivity contribution in [1.29, 1.82) is 0 Å². The van der Waals surface area contributed by atoms with Gasteiger partial charge in [-0.15, -0.1) is 0 Å². The molecule has 7 nitrogen and oxygen atoms in total. The molecule has 150 valence electrons. The van der Waals surface area contributed by atoms with Crippen LogP contribution in [-0.2, 0) is 14.3 Å². The molecule has 1 aromatic rings. The summed E-state index contributed by atoms with van der Waals surface area (Å²) < 4.78 is 5.45. The smallest absolute Gasteiger partial charge is 0.239 e. The maximum absolute atomic E-state index is 12.2. The van der Waals surface area contributed by atoms with Crippen molar-refractivity contribution in [3.05, 3.63) is 35.4 Å². The number of carbonyl (C=O) groups excluding carboxylic acids is 2. The Morgan fingerprint density at radius 3 is 2.56 bits per heavy atom. The van der Waals surface area contributed by atoms with Crippen LogP contribution in [0.25, 0.3) is 0 Å². The van der Waals surface area contributed by atoms with Gasteiger partial charge in [-0.1, -0.05) is 43.7 Å². The molecule has 7 heteroatoms. The zero-order valence-corrected chi connectivity index (χ0v) is 16.5. The summed E-state index contributed by atoms with van der Waals surface area (Å²) in [5.74, 6) is -0.492. The largest absolute Gasteiger partial charge is 0.379 e. The average Bonchev–Trinajstić information content (AvgIpc) is 2.66. The van der Waals surface area contributed by atoms with Crippen LogP contribution in [0.4, 0.5) is 0 Å². The number of hydrogen-bond donors (Lipinski definition) is 3. The Bertz CT molecular complexity index is 629. The number of benzene rings is 1. The van der Waals surface area contributed by atoms with E-state index < -0.39 is 6.04 Å². The van der Waals surface area contributed by atoms with E-state index in [-0.39, 0.29) is 30.3 Å². The van der Waals surface area contributed by atoms with Gasteiger partial charge < -0.3 is 21.1 Å². The molecular formula is C20H32N4O3. The second-order valence-corrected chi connectivity index (χ2v) is 7.37. The first-order valence-corrected chi connectivity index (χ1v) is 9.57. The molecule has 1 heterocycles. The fourth-order valence-electron chi connectivity index (χ4n) is 3.09. The van der Waals surface area contributed by atoms with Crippen molar-refractivity contribution in [2.24, 2.45) is 11.7 Å². The topological polar surface area (TPSA) is 96.7 Å². The monoisotopic (exact) mass is 376 g/mol. The number of ether oxygens (including phenoxy) is 1. The van der Waals surface area contributed by atoms with Crippen LogP contribution >= 0.6 is 0 Å². The van der Waals surface area contributed by atoms with Gasteiger partial charge in [-0.3, -0.25) is 14.5 Å². The number of morpholine rings is 1. The van der Waals surface area contributed by atoms with Gasteiger partial charge in [-0.25, -0.2) is 0 Å². The van der Waals surface area contributed by atoms with Gasteiger partial charge in [0.2, 0.25) is 11.8 Å². The van der Waals surface area contributed by atoms with Gasteiger partial charge in [0.05, 0.1) is 31.8 Å². The number of aryl methyl sites for hydroxylation is 1. The van der Waals surface area contributed by atoms with Gasteiger partial charge >= 0.3 is 0 Å². The summed E-state index contributed by atoms with van der Waals surface area (Å²) in [4.78, 5) is 26.4. The minimum absolute atomic E-state index is 0.0279. The van der Waals surface area contributed by atoms with Crippen LogP contribution in [0.3, 0.4) is 0 Å². The predicted molar refractivity (Wildman–Crippen MR) is 105 cm³/mol. The van der Waals surface area contributed by atoms with Crippen LogP contribution in [0, 0.1) is 12.8 Å². The highest BCUT2D eigenvalue weighted by atomic mass is 16.5. The molecule has 0 spiro atoms. The lowest BCUT2D eigenvalue weighted by molar-refractivity contribution is -0.127. The van der Waals surface area contributed by atoms with E-state index in [4.69, 9.17) is 10.5 Å². The molecule has 1 aliphatic heterocycles. The summed E-state index contributed by atoms with van der Waals surface area (Å²) in [5.41, 5.74) is 8.15. The SMILES string of the molecule is Cc1cccc(C(CNC(=O)CNC(=O)[C@@H](N)C(C)C)N2CCOCC2)c1. The van der Waals surface area contributed by atoms with Gasteiger partial charge in [-0.2, -0.15) is 0 Å². The Morgan fingerprint density at radius 2 is 1.93 bits per heavy atom. The zero-order chi connectivity index (χ0) is 19.8. The number of amides is 2. The summed E-state index contributed by atoms with van der Waals surface area (Å²) in [6.07, 6.45) is 0. The van der Waals surface area contributed by atoms with Crippen LogP contribution in [0.15, 0.2) is 24.3 Å². The van der Waals surface area contributed by atoms with Crippen molar-refractivity contribution in [1.82, 2.24) is 15.5 Å². The highest BCUT2D eigenvalue weighted by Crippen LogP contribution is 2.22. The third-order valence-electron chi connectivity index (χ3n) is 4.85. The maximum Gasteiger partial charge on any atom is 0.239 e. The molecule has 1 aliphatic rings. The van der Waals surface area contributed by atoms with Gasteiger partial charge in [0.1, 0.15) is 0 Å². The molecule has 27 heavy (non-hydrogen) atoms. The van der Waals surface area contributed by atoms with Gasteiger partial charge in [0.25, 0.3) is 0 Å². The molecule has 4 N–H and O–H groups in total. The fraction of sp³-hybridized carbons (Fsp3) is 0.600.